The lowest BCUT2D eigenvalue weighted by atomic mass is 9.83. The number of nitrogens with one attached hydrogen (secondary N) is 1. The summed E-state index contributed by atoms with van der Waals surface area (Å²) in [6.07, 6.45) is 0. The van der Waals surface area contributed by atoms with Crippen LogP contribution in [0.1, 0.15) is 44.7 Å². The summed E-state index contributed by atoms with van der Waals surface area (Å²) in [5.41, 5.74) is 1.68. The molecule has 1 aromatic carbocycles. The molecule has 1 amide bonds. The molecule has 0 saturated heterocycles. The fourth-order valence-corrected chi connectivity index (χ4v) is 1.81. The van der Waals surface area contributed by atoms with Crippen molar-refractivity contribution in [3.63, 3.8) is 0 Å². The average molecular weight is 249 g/mol. The molecule has 0 aliphatic carbocycles. The quantitative estimate of drug-likeness (QED) is 0.840. The van der Waals surface area contributed by atoms with Gasteiger partial charge in [0.05, 0.1) is 12.0 Å². The molecule has 100 valence electrons. The van der Waals surface area contributed by atoms with E-state index in [0.717, 1.165) is 5.56 Å². The van der Waals surface area contributed by atoms with E-state index in [0.29, 0.717) is 12.5 Å². The largest absolute Gasteiger partial charge is 0.395 e. The van der Waals surface area contributed by atoms with Crippen LogP contribution in [0.25, 0.3) is 0 Å². The lowest BCUT2D eigenvalue weighted by Crippen LogP contribution is -2.41. The van der Waals surface area contributed by atoms with Gasteiger partial charge in [0.25, 0.3) is 0 Å². The summed E-state index contributed by atoms with van der Waals surface area (Å²) in [5.74, 6) is 0.430. The highest BCUT2D eigenvalue weighted by molar-refractivity contribution is 5.87. The Morgan fingerprint density at radius 3 is 2.28 bits per heavy atom. The second kappa shape index (κ2) is 6.01. The lowest BCUT2D eigenvalue weighted by molar-refractivity contribution is -0.125. The van der Waals surface area contributed by atoms with E-state index in [9.17, 15) is 4.79 Å². The molecule has 0 spiro atoms. The molecule has 2 N–H and O–H groups in total. The van der Waals surface area contributed by atoms with E-state index < -0.39 is 5.41 Å². The minimum atomic E-state index is -0.579. The van der Waals surface area contributed by atoms with Gasteiger partial charge in [0.1, 0.15) is 0 Å². The predicted octanol–water partition coefficient (Wildman–Crippen LogP) is 2.20. The van der Waals surface area contributed by atoms with E-state index in [1.807, 2.05) is 26.0 Å². The van der Waals surface area contributed by atoms with Crippen LogP contribution in [-0.4, -0.2) is 24.2 Å². The van der Waals surface area contributed by atoms with Crippen LogP contribution in [0.3, 0.4) is 0 Å². The van der Waals surface area contributed by atoms with Gasteiger partial charge in [-0.05, 0) is 30.9 Å². The Morgan fingerprint density at radius 1 is 1.28 bits per heavy atom. The van der Waals surface area contributed by atoms with E-state index in [4.69, 9.17) is 5.11 Å². The maximum Gasteiger partial charge on any atom is 0.230 e. The van der Waals surface area contributed by atoms with Gasteiger partial charge in [-0.2, -0.15) is 0 Å². The van der Waals surface area contributed by atoms with Crippen LogP contribution in [0.15, 0.2) is 24.3 Å². The molecule has 0 aliphatic heterocycles. The normalized spacial score (nSPS) is 11.7. The van der Waals surface area contributed by atoms with E-state index in [1.165, 1.54) is 5.56 Å². The Balaban J connectivity index is 2.87. The van der Waals surface area contributed by atoms with Gasteiger partial charge < -0.3 is 10.4 Å². The number of aliphatic hydroxyl groups is 1. The van der Waals surface area contributed by atoms with E-state index >= 15 is 0 Å². The van der Waals surface area contributed by atoms with E-state index in [1.54, 1.807) is 0 Å². The molecule has 3 nitrogen and oxygen atoms in total. The first kappa shape index (κ1) is 14.7. The molecule has 0 heterocycles. The highest BCUT2D eigenvalue weighted by Gasteiger charge is 2.29. The Hall–Kier alpha value is -1.35. The fourth-order valence-electron chi connectivity index (χ4n) is 1.81. The van der Waals surface area contributed by atoms with Crippen LogP contribution in [0, 0.1) is 0 Å². The van der Waals surface area contributed by atoms with Gasteiger partial charge in [-0.15, -0.1) is 0 Å². The predicted molar refractivity (Wildman–Crippen MR) is 73.7 cm³/mol. The molecule has 0 radical (unpaired) electrons. The molecule has 3 heteroatoms. The zero-order valence-corrected chi connectivity index (χ0v) is 11.7. The van der Waals surface area contributed by atoms with Crippen molar-refractivity contribution >= 4 is 5.91 Å². The third-order valence-electron chi connectivity index (χ3n) is 3.26. The second-order valence-corrected chi connectivity index (χ2v) is 5.38. The SMILES string of the molecule is CC(C)c1ccc(C(C)(C)C(=O)NCCO)cc1. The Kier molecular flexibility index (Phi) is 4.91. The zero-order valence-electron chi connectivity index (χ0n) is 11.7. The number of carbonyl (C=O) groups is 1. The third-order valence-corrected chi connectivity index (χ3v) is 3.26. The molecule has 0 aromatic heterocycles. The van der Waals surface area contributed by atoms with E-state index in [2.05, 4.69) is 31.3 Å². The molecule has 0 unspecified atom stereocenters. The van der Waals surface area contributed by atoms with Gasteiger partial charge in [-0.1, -0.05) is 38.1 Å². The molecular weight excluding hydrogens is 226 g/mol. The van der Waals surface area contributed by atoms with Crippen LogP contribution >= 0.6 is 0 Å². The van der Waals surface area contributed by atoms with Crippen molar-refractivity contribution in [1.82, 2.24) is 5.32 Å². The van der Waals surface area contributed by atoms with E-state index in [-0.39, 0.29) is 12.5 Å². The average Bonchev–Trinajstić information content (AvgIpc) is 2.35. The monoisotopic (exact) mass is 249 g/mol. The standard InChI is InChI=1S/C15H23NO2/c1-11(2)12-5-7-13(8-6-12)15(3,4)14(18)16-9-10-17/h5-8,11,17H,9-10H2,1-4H3,(H,16,18). The summed E-state index contributed by atoms with van der Waals surface area (Å²) in [7, 11) is 0. The van der Waals surface area contributed by atoms with Crippen molar-refractivity contribution in [3.8, 4) is 0 Å². The summed E-state index contributed by atoms with van der Waals surface area (Å²) in [5, 5.41) is 11.5. The highest BCUT2D eigenvalue weighted by Crippen LogP contribution is 2.25. The lowest BCUT2D eigenvalue weighted by Gasteiger charge is -2.24. The first-order chi connectivity index (χ1) is 8.39. The third kappa shape index (κ3) is 3.33. The molecule has 0 saturated carbocycles. The molecule has 18 heavy (non-hydrogen) atoms. The Bertz CT molecular complexity index is 393. The number of rotatable bonds is 5. The zero-order chi connectivity index (χ0) is 13.8. The Labute approximate surface area is 109 Å². The summed E-state index contributed by atoms with van der Waals surface area (Å²) in [6, 6.07) is 8.16. The minimum Gasteiger partial charge on any atom is -0.395 e. The van der Waals surface area contributed by atoms with Crippen LogP contribution in [-0.2, 0) is 10.2 Å². The summed E-state index contributed by atoms with van der Waals surface area (Å²) in [4.78, 5) is 12.0. The fraction of sp³-hybridized carbons (Fsp3) is 0.533. The van der Waals surface area contributed by atoms with Gasteiger partial charge in [-0.25, -0.2) is 0 Å². The number of carbonyl (C=O) groups excluding carboxylic acids is 1. The maximum absolute atomic E-state index is 12.0. The van der Waals surface area contributed by atoms with Crippen molar-refractivity contribution in [2.45, 2.75) is 39.0 Å². The Morgan fingerprint density at radius 2 is 1.83 bits per heavy atom. The van der Waals surface area contributed by atoms with Crippen molar-refractivity contribution < 1.29 is 9.90 Å². The van der Waals surface area contributed by atoms with Gasteiger partial charge in [-0.3, -0.25) is 4.79 Å². The summed E-state index contributed by atoms with van der Waals surface area (Å²) in [6.45, 7) is 8.34. The number of hydrogen-bond donors (Lipinski definition) is 2. The maximum atomic E-state index is 12.0. The summed E-state index contributed by atoms with van der Waals surface area (Å²) < 4.78 is 0. The molecule has 1 rings (SSSR count). The first-order valence-electron chi connectivity index (χ1n) is 6.39. The van der Waals surface area contributed by atoms with Crippen LogP contribution in [0.4, 0.5) is 0 Å². The molecule has 0 aliphatic rings. The van der Waals surface area contributed by atoms with Crippen LogP contribution in [0.2, 0.25) is 0 Å². The number of amides is 1. The van der Waals surface area contributed by atoms with Gasteiger partial charge in [0, 0.05) is 6.54 Å². The van der Waals surface area contributed by atoms with Gasteiger partial charge in [0.2, 0.25) is 5.91 Å². The van der Waals surface area contributed by atoms with Crippen molar-refractivity contribution in [2.75, 3.05) is 13.2 Å². The first-order valence-corrected chi connectivity index (χ1v) is 6.39. The number of benzene rings is 1. The van der Waals surface area contributed by atoms with Crippen molar-refractivity contribution in [3.05, 3.63) is 35.4 Å². The molecule has 0 bridgehead atoms. The molecule has 0 fully saturated rings. The molecule has 1 aromatic rings. The van der Waals surface area contributed by atoms with Crippen molar-refractivity contribution in [1.29, 1.82) is 0 Å². The number of hydrogen-bond acceptors (Lipinski definition) is 2. The van der Waals surface area contributed by atoms with Crippen LogP contribution in [0.5, 0.6) is 0 Å². The molecule has 0 atom stereocenters. The minimum absolute atomic E-state index is 0.0336. The molecular formula is C15H23NO2. The van der Waals surface area contributed by atoms with Gasteiger partial charge >= 0.3 is 0 Å². The topological polar surface area (TPSA) is 49.3 Å². The smallest absolute Gasteiger partial charge is 0.230 e. The number of aliphatic hydroxyl groups excluding tert-OH is 1. The summed E-state index contributed by atoms with van der Waals surface area (Å²) >= 11 is 0. The second-order valence-electron chi connectivity index (χ2n) is 5.38. The van der Waals surface area contributed by atoms with Crippen molar-refractivity contribution in [2.24, 2.45) is 0 Å². The van der Waals surface area contributed by atoms with Gasteiger partial charge in [0.15, 0.2) is 0 Å². The highest BCUT2D eigenvalue weighted by atomic mass is 16.3. The van der Waals surface area contributed by atoms with Crippen LogP contribution < -0.4 is 5.32 Å².